The van der Waals surface area contributed by atoms with Gasteiger partial charge in [-0.05, 0) is 60.4 Å². The second kappa shape index (κ2) is 13.0. The van der Waals surface area contributed by atoms with Crippen LogP contribution < -0.4 is 5.43 Å². The lowest BCUT2D eigenvalue weighted by Gasteiger charge is -2.28. The Morgan fingerprint density at radius 2 is 1.54 bits per heavy atom. The number of carbonyl (C=O) groups excluding carboxylic acids is 2. The summed E-state index contributed by atoms with van der Waals surface area (Å²) in [5.41, 5.74) is 2.93. The highest BCUT2D eigenvalue weighted by Gasteiger charge is 2.24. The number of unbranched alkanes of at least 4 members (excludes halogenated alkanes) is 1. The van der Waals surface area contributed by atoms with E-state index in [0.29, 0.717) is 34.2 Å². The van der Waals surface area contributed by atoms with Crippen LogP contribution in [0.4, 0.5) is 4.39 Å². The maximum absolute atomic E-state index is 13.7. The van der Waals surface area contributed by atoms with Crippen molar-refractivity contribution < 1.29 is 18.4 Å². The minimum atomic E-state index is -0.378. The van der Waals surface area contributed by atoms with Crippen LogP contribution in [0, 0.1) is 5.82 Å². The molecule has 6 nitrogen and oxygen atoms in total. The zero-order valence-electron chi connectivity index (χ0n) is 22.4. The van der Waals surface area contributed by atoms with Gasteiger partial charge < -0.3 is 14.2 Å². The van der Waals surface area contributed by atoms with Crippen LogP contribution in [-0.2, 0) is 24.3 Å². The van der Waals surface area contributed by atoms with Crippen molar-refractivity contribution in [1.82, 2.24) is 9.80 Å². The Hall–Kier alpha value is -4.26. The van der Waals surface area contributed by atoms with Gasteiger partial charge in [0.2, 0.25) is 5.91 Å². The number of amides is 2. The Balaban J connectivity index is 1.62. The summed E-state index contributed by atoms with van der Waals surface area (Å²) in [5, 5.41) is 0.430. The third-order valence-corrected chi connectivity index (χ3v) is 6.76. The van der Waals surface area contributed by atoms with E-state index in [9.17, 15) is 18.8 Å². The molecule has 3 aromatic carbocycles. The zero-order chi connectivity index (χ0) is 27.8. The average Bonchev–Trinajstić information content (AvgIpc) is 2.97. The molecule has 0 radical (unpaired) electrons. The molecule has 1 heterocycles. The number of benzene rings is 3. The fourth-order valence-electron chi connectivity index (χ4n) is 4.41. The summed E-state index contributed by atoms with van der Waals surface area (Å²) in [5.74, 6) is -0.912. The molecule has 7 heteroatoms. The van der Waals surface area contributed by atoms with Gasteiger partial charge >= 0.3 is 0 Å². The Morgan fingerprint density at radius 3 is 2.23 bits per heavy atom. The van der Waals surface area contributed by atoms with Crippen molar-refractivity contribution >= 4 is 22.8 Å². The lowest BCUT2D eigenvalue weighted by molar-refractivity contribution is -0.133. The zero-order valence-corrected chi connectivity index (χ0v) is 22.4. The number of carbonyl (C=O) groups is 2. The van der Waals surface area contributed by atoms with Crippen LogP contribution in [0.3, 0.4) is 0 Å². The molecule has 0 bridgehead atoms. The molecule has 0 aliphatic rings. The Bertz CT molecular complexity index is 1480. The van der Waals surface area contributed by atoms with E-state index in [1.165, 1.54) is 23.3 Å². The van der Waals surface area contributed by atoms with Crippen LogP contribution in [0.15, 0.2) is 88.3 Å². The first-order valence-corrected chi connectivity index (χ1v) is 13.3. The molecule has 0 aliphatic heterocycles. The van der Waals surface area contributed by atoms with Crippen LogP contribution in [-0.4, -0.2) is 34.7 Å². The van der Waals surface area contributed by atoms with Crippen molar-refractivity contribution in [2.24, 2.45) is 0 Å². The molecule has 4 aromatic rings. The number of rotatable bonds is 11. The smallest absolute Gasteiger partial charge is 0.254 e. The van der Waals surface area contributed by atoms with Crippen molar-refractivity contribution in [3.8, 4) is 0 Å². The normalized spacial score (nSPS) is 10.9. The van der Waals surface area contributed by atoms with Gasteiger partial charge in [0.25, 0.3) is 5.91 Å². The maximum Gasteiger partial charge on any atom is 0.254 e. The van der Waals surface area contributed by atoms with Crippen molar-refractivity contribution in [3.63, 3.8) is 0 Å². The first kappa shape index (κ1) is 27.8. The van der Waals surface area contributed by atoms with E-state index in [-0.39, 0.29) is 42.7 Å². The van der Waals surface area contributed by atoms with Gasteiger partial charge in [0.15, 0.2) is 5.43 Å². The summed E-state index contributed by atoms with van der Waals surface area (Å²) in [6.07, 6.45) is 3.86. The van der Waals surface area contributed by atoms with Crippen LogP contribution in [0.1, 0.15) is 53.7 Å². The number of hydrogen-bond donors (Lipinski definition) is 0. The summed E-state index contributed by atoms with van der Waals surface area (Å²) in [7, 11) is 0. The molecule has 0 spiro atoms. The van der Waals surface area contributed by atoms with Gasteiger partial charge in [0, 0.05) is 18.7 Å². The van der Waals surface area contributed by atoms with Gasteiger partial charge in [0.1, 0.15) is 17.9 Å². The van der Waals surface area contributed by atoms with Gasteiger partial charge in [0.05, 0.1) is 23.8 Å². The SMILES string of the molecule is CCCCN(CC(=O)N(Cc1ccc(F)cc1)Cc1coc2ccccc2c1=O)C(=O)c1ccc(CC)cc1. The van der Waals surface area contributed by atoms with E-state index in [2.05, 4.69) is 6.92 Å². The lowest BCUT2D eigenvalue weighted by Crippen LogP contribution is -2.43. The Kier molecular flexibility index (Phi) is 9.26. The predicted molar refractivity (Wildman–Crippen MR) is 150 cm³/mol. The van der Waals surface area contributed by atoms with Crippen LogP contribution in [0.5, 0.6) is 0 Å². The second-order valence-electron chi connectivity index (χ2n) is 9.59. The highest BCUT2D eigenvalue weighted by atomic mass is 19.1. The van der Waals surface area contributed by atoms with Gasteiger partial charge in [-0.1, -0.05) is 56.7 Å². The number of hydrogen-bond acceptors (Lipinski definition) is 4. The molecule has 1 aromatic heterocycles. The first-order chi connectivity index (χ1) is 18.9. The van der Waals surface area contributed by atoms with E-state index in [1.54, 1.807) is 53.4 Å². The molecule has 202 valence electrons. The highest BCUT2D eigenvalue weighted by Crippen LogP contribution is 2.16. The van der Waals surface area contributed by atoms with Crippen molar-refractivity contribution in [3.05, 3.63) is 117 Å². The largest absolute Gasteiger partial charge is 0.464 e. The fraction of sp³-hybridized carbons (Fsp3) is 0.281. The molecule has 0 saturated heterocycles. The van der Waals surface area contributed by atoms with Crippen LogP contribution in [0.25, 0.3) is 11.0 Å². The molecule has 0 fully saturated rings. The predicted octanol–water partition coefficient (Wildman–Crippen LogP) is 5.97. The molecule has 4 rings (SSSR count). The van der Waals surface area contributed by atoms with Crippen LogP contribution >= 0.6 is 0 Å². The molecular weight excluding hydrogens is 495 g/mol. The molecular formula is C32H33FN2O4. The summed E-state index contributed by atoms with van der Waals surface area (Å²) in [4.78, 5) is 43.4. The minimum absolute atomic E-state index is 0.00954. The fourth-order valence-corrected chi connectivity index (χ4v) is 4.41. The summed E-state index contributed by atoms with van der Waals surface area (Å²) >= 11 is 0. The Morgan fingerprint density at radius 1 is 0.846 bits per heavy atom. The number of fused-ring (bicyclic) bond motifs is 1. The van der Waals surface area contributed by atoms with E-state index in [1.807, 2.05) is 19.1 Å². The maximum atomic E-state index is 13.7. The molecule has 0 unspecified atom stereocenters. The van der Waals surface area contributed by atoms with E-state index in [0.717, 1.165) is 24.8 Å². The molecule has 0 aliphatic carbocycles. The number of aryl methyl sites for hydroxylation is 1. The molecule has 0 saturated carbocycles. The summed E-state index contributed by atoms with van der Waals surface area (Å²) in [6.45, 7) is 4.50. The van der Waals surface area contributed by atoms with E-state index < -0.39 is 0 Å². The quantitative estimate of drug-likeness (QED) is 0.241. The topological polar surface area (TPSA) is 70.8 Å². The third-order valence-electron chi connectivity index (χ3n) is 6.76. The van der Waals surface area contributed by atoms with Crippen molar-refractivity contribution in [2.75, 3.05) is 13.1 Å². The monoisotopic (exact) mass is 528 g/mol. The van der Waals surface area contributed by atoms with Crippen molar-refractivity contribution in [1.29, 1.82) is 0 Å². The molecule has 39 heavy (non-hydrogen) atoms. The first-order valence-electron chi connectivity index (χ1n) is 13.3. The molecule has 0 atom stereocenters. The third kappa shape index (κ3) is 6.99. The number of halogens is 1. The summed E-state index contributed by atoms with van der Waals surface area (Å²) in [6, 6.07) is 20.3. The summed E-state index contributed by atoms with van der Waals surface area (Å²) < 4.78 is 19.2. The van der Waals surface area contributed by atoms with Gasteiger partial charge in [-0.2, -0.15) is 0 Å². The van der Waals surface area contributed by atoms with E-state index in [4.69, 9.17) is 4.42 Å². The van der Waals surface area contributed by atoms with Gasteiger partial charge in [-0.3, -0.25) is 14.4 Å². The highest BCUT2D eigenvalue weighted by molar-refractivity contribution is 5.96. The lowest BCUT2D eigenvalue weighted by atomic mass is 10.1. The van der Waals surface area contributed by atoms with E-state index >= 15 is 0 Å². The van der Waals surface area contributed by atoms with Gasteiger partial charge in [-0.15, -0.1) is 0 Å². The minimum Gasteiger partial charge on any atom is -0.464 e. The number of para-hydroxylation sites is 1. The average molecular weight is 529 g/mol. The Labute approximate surface area is 227 Å². The molecule has 0 N–H and O–H groups in total. The standard InChI is InChI=1S/C32H33FN2O4/c1-3-5-18-34(32(38)25-14-10-23(4-2)11-15-25)21-30(36)35(19-24-12-16-27(33)17-13-24)20-26-22-39-29-9-7-6-8-28(29)31(26)37/h6-17,22H,3-5,18-21H2,1-2H3. The van der Waals surface area contributed by atoms with Crippen LogP contribution in [0.2, 0.25) is 0 Å². The van der Waals surface area contributed by atoms with Gasteiger partial charge in [-0.25, -0.2) is 4.39 Å². The number of nitrogens with zero attached hydrogens (tertiary/aromatic N) is 2. The molecule has 2 amide bonds. The van der Waals surface area contributed by atoms with Crippen molar-refractivity contribution in [2.45, 2.75) is 46.2 Å². The second-order valence-corrected chi connectivity index (χ2v) is 9.59.